The Kier molecular flexibility index (Phi) is 12.8. The van der Waals surface area contributed by atoms with Crippen LogP contribution in [0.3, 0.4) is 0 Å². The maximum atomic E-state index is 11.8. The zero-order chi connectivity index (χ0) is 21.1. The molecule has 1 fully saturated rings. The van der Waals surface area contributed by atoms with Gasteiger partial charge in [0.1, 0.15) is 0 Å². The van der Waals surface area contributed by atoms with Crippen LogP contribution < -0.4 is 10.6 Å². The number of carbonyl (C=O) groups is 1. The van der Waals surface area contributed by atoms with E-state index >= 15 is 0 Å². The van der Waals surface area contributed by atoms with Gasteiger partial charge in [0, 0.05) is 32.2 Å². The van der Waals surface area contributed by atoms with E-state index < -0.39 is 0 Å². The largest absolute Gasteiger partial charge is 0.450 e. The maximum absolute atomic E-state index is 11.8. The summed E-state index contributed by atoms with van der Waals surface area (Å²) in [5.41, 5.74) is 2.52. The predicted molar refractivity (Wildman–Crippen MR) is 133 cm³/mol. The van der Waals surface area contributed by atoms with Crippen molar-refractivity contribution in [3.05, 3.63) is 35.4 Å². The molecule has 0 spiro atoms. The predicted octanol–water partition coefficient (Wildman–Crippen LogP) is 3.43. The minimum atomic E-state index is -0.208. The van der Waals surface area contributed by atoms with Crippen molar-refractivity contribution in [1.29, 1.82) is 0 Å². The smallest absolute Gasteiger partial charge is 0.409 e. The molecule has 7 nitrogen and oxygen atoms in total. The molecule has 0 unspecified atom stereocenters. The summed E-state index contributed by atoms with van der Waals surface area (Å²) in [5.74, 6) is 0.832. The summed E-state index contributed by atoms with van der Waals surface area (Å²) in [6, 6.07) is 8.94. The number of nitrogens with zero attached hydrogens (tertiary/aromatic N) is 3. The Bertz CT molecular complexity index is 663. The molecule has 1 aliphatic heterocycles. The third-order valence-corrected chi connectivity index (χ3v) is 5.11. The van der Waals surface area contributed by atoms with Gasteiger partial charge in [0.25, 0.3) is 0 Å². The van der Waals surface area contributed by atoms with Crippen molar-refractivity contribution in [2.24, 2.45) is 4.99 Å². The van der Waals surface area contributed by atoms with Gasteiger partial charge in [-0.05, 0) is 51.4 Å². The van der Waals surface area contributed by atoms with E-state index in [0.717, 1.165) is 38.4 Å². The van der Waals surface area contributed by atoms with Gasteiger partial charge < -0.3 is 25.2 Å². The average molecular weight is 531 g/mol. The highest BCUT2D eigenvalue weighted by Gasteiger charge is 2.24. The van der Waals surface area contributed by atoms with Crippen LogP contribution in [-0.2, 0) is 17.8 Å². The quantitative estimate of drug-likeness (QED) is 0.306. The second kappa shape index (κ2) is 14.5. The van der Waals surface area contributed by atoms with E-state index in [9.17, 15) is 4.79 Å². The highest BCUT2D eigenvalue weighted by molar-refractivity contribution is 14.0. The van der Waals surface area contributed by atoms with E-state index in [4.69, 9.17) is 9.73 Å². The standard InChI is InChI=1S/C22H37N5O2.HI/c1-5-23-21(25-20-11-13-27(14-12-20)22(28)29-7-3)24-16-18-9-8-10-19(15-18)17-26(4)6-2;/h8-10,15,20H,5-7,11-14,16-17H2,1-4H3,(H2,23,24,25);1H. The first kappa shape index (κ1) is 26.5. The summed E-state index contributed by atoms with van der Waals surface area (Å²) in [6.07, 6.45) is 1.57. The lowest BCUT2D eigenvalue weighted by Gasteiger charge is -2.32. The Morgan fingerprint density at radius 2 is 1.93 bits per heavy atom. The first-order chi connectivity index (χ1) is 14.0. The molecule has 0 atom stereocenters. The number of likely N-dealkylation sites (tertiary alicyclic amines) is 1. The van der Waals surface area contributed by atoms with Crippen molar-refractivity contribution in [2.45, 2.75) is 52.7 Å². The summed E-state index contributed by atoms with van der Waals surface area (Å²) >= 11 is 0. The van der Waals surface area contributed by atoms with Gasteiger partial charge in [-0.15, -0.1) is 24.0 Å². The van der Waals surface area contributed by atoms with Crippen LogP contribution in [0.4, 0.5) is 4.79 Å². The van der Waals surface area contributed by atoms with E-state index in [-0.39, 0.29) is 30.1 Å². The third kappa shape index (κ3) is 9.07. The third-order valence-electron chi connectivity index (χ3n) is 5.11. The van der Waals surface area contributed by atoms with Crippen LogP contribution in [0.25, 0.3) is 0 Å². The van der Waals surface area contributed by atoms with Crippen LogP contribution in [0.15, 0.2) is 29.3 Å². The van der Waals surface area contributed by atoms with Gasteiger partial charge in [0.05, 0.1) is 13.2 Å². The number of halogens is 1. The number of guanidine groups is 1. The second-order valence-corrected chi connectivity index (χ2v) is 7.45. The molecule has 1 aliphatic rings. The van der Waals surface area contributed by atoms with Crippen molar-refractivity contribution in [3.63, 3.8) is 0 Å². The molecule has 0 saturated carbocycles. The lowest BCUT2D eigenvalue weighted by Crippen LogP contribution is -2.49. The van der Waals surface area contributed by atoms with E-state index in [1.54, 1.807) is 4.90 Å². The minimum absolute atomic E-state index is 0. The SMILES string of the molecule is CCNC(=NCc1cccc(CN(C)CC)c1)NC1CCN(C(=O)OCC)CC1.I. The molecule has 170 valence electrons. The number of carbonyl (C=O) groups excluding carboxylic acids is 1. The van der Waals surface area contributed by atoms with Gasteiger partial charge in [-0.25, -0.2) is 9.79 Å². The van der Waals surface area contributed by atoms with Gasteiger partial charge in [-0.1, -0.05) is 31.2 Å². The fourth-order valence-electron chi connectivity index (χ4n) is 3.35. The highest BCUT2D eigenvalue weighted by Crippen LogP contribution is 2.12. The molecule has 1 aromatic carbocycles. The van der Waals surface area contributed by atoms with Crippen LogP contribution in [0.5, 0.6) is 0 Å². The monoisotopic (exact) mass is 531 g/mol. The Balaban J connectivity index is 0.00000450. The number of hydrogen-bond acceptors (Lipinski definition) is 4. The topological polar surface area (TPSA) is 69.2 Å². The van der Waals surface area contributed by atoms with Gasteiger partial charge in [-0.2, -0.15) is 0 Å². The summed E-state index contributed by atoms with van der Waals surface area (Å²) in [6.45, 7) is 11.4. The number of hydrogen-bond donors (Lipinski definition) is 2. The molecule has 1 saturated heterocycles. The van der Waals surface area contributed by atoms with E-state index in [0.29, 0.717) is 32.3 Å². The molecular weight excluding hydrogens is 493 g/mol. The van der Waals surface area contributed by atoms with Crippen LogP contribution in [-0.4, -0.2) is 67.7 Å². The number of amides is 1. The van der Waals surface area contributed by atoms with Crippen molar-refractivity contribution in [1.82, 2.24) is 20.4 Å². The van der Waals surface area contributed by atoms with E-state index in [2.05, 4.69) is 60.7 Å². The second-order valence-electron chi connectivity index (χ2n) is 7.45. The normalized spacial score (nSPS) is 15.0. The Morgan fingerprint density at radius 3 is 2.57 bits per heavy atom. The Morgan fingerprint density at radius 1 is 1.23 bits per heavy atom. The van der Waals surface area contributed by atoms with E-state index in [1.165, 1.54) is 11.1 Å². The zero-order valence-corrected chi connectivity index (χ0v) is 21.1. The summed E-state index contributed by atoms with van der Waals surface area (Å²) in [5, 5.41) is 6.86. The van der Waals surface area contributed by atoms with Gasteiger partial charge in [0.2, 0.25) is 0 Å². The molecule has 0 bridgehead atoms. The van der Waals surface area contributed by atoms with Gasteiger partial charge in [-0.3, -0.25) is 0 Å². The lowest BCUT2D eigenvalue weighted by molar-refractivity contribution is 0.0963. The molecule has 8 heteroatoms. The molecule has 2 rings (SSSR count). The zero-order valence-electron chi connectivity index (χ0n) is 18.8. The number of piperidine rings is 1. The first-order valence-corrected chi connectivity index (χ1v) is 10.8. The molecular formula is C22H38IN5O2. The fourth-order valence-corrected chi connectivity index (χ4v) is 3.35. The van der Waals surface area contributed by atoms with Gasteiger partial charge >= 0.3 is 6.09 Å². The maximum Gasteiger partial charge on any atom is 0.409 e. The van der Waals surface area contributed by atoms with Crippen molar-refractivity contribution < 1.29 is 9.53 Å². The molecule has 1 aromatic rings. The average Bonchev–Trinajstić information content (AvgIpc) is 2.73. The van der Waals surface area contributed by atoms with Crippen molar-refractivity contribution >= 4 is 36.0 Å². The number of aliphatic imine (C=N–C) groups is 1. The molecule has 0 aliphatic carbocycles. The molecule has 0 aromatic heterocycles. The lowest BCUT2D eigenvalue weighted by atomic mass is 10.1. The minimum Gasteiger partial charge on any atom is -0.450 e. The number of rotatable bonds is 8. The van der Waals surface area contributed by atoms with Crippen LogP contribution in [0.1, 0.15) is 44.7 Å². The molecule has 0 radical (unpaired) electrons. The summed E-state index contributed by atoms with van der Waals surface area (Å²) < 4.78 is 5.09. The summed E-state index contributed by atoms with van der Waals surface area (Å²) in [4.78, 5) is 20.7. The summed E-state index contributed by atoms with van der Waals surface area (Å²) in [7, 11) is 2.13. The molecule has 30 heavy (non-hydrogen) atoms. The molecule has 1 heterocycles. The van der Waals surface area contributed by atoms with Crippen LogP contribution in [0, 0.1) is 0 Å². The number of ether oxygens (including phenoxy) is 1. The number of benzene rings is 1. The Labute approximate surface area is 198 Å². The molecule has 1 amide bonds. The van der Waals surface area contributed by atoms with Crippen LogP contribution >= 0.6 is 24.0 Å². The van der Waals surface area contributed by atoms with Gasteiger partial charge in [0.15, 0.2) is 5.96 Å². The first-order valence-electron chi connectivity index (χ1n) is 10.8. The van der Waals surface area contributed by atoms with Crippen molar-refractivity contribution in [3.8, 4) is 0 Å². The van der Waals surface area contributed by atoms with Crippen LogP contribution in [0.2, 0.25) is 0 Å². The number of nitrogens with one attached hydrogen (secondary N) is 2. The fraction of sp³-hybridized carbons (Fsp3) is 0.636. The highest BCUT2D eigenvalue weighted by atomic mass is 127. The Hall–Kier alpha value is -1.55. The van der Waals surface area contributed by atoms with E-state index in [1.807, 2.05) is 6.92 Å². The molecule has 2 N–H and O–H groups in total. The van der Waals surface area contributed by atoms with Crippen molar-refractivity contribution in [2.75, 3.05) is 39.8 Å².